The third-order valence-corrected chi connectivity index (χ3v) is 2.92. The van der Waals surface area contributed by atoms with E-state index in [-0.39, 0.29) is 0 Å². The Morgan fingerprint density at radius 1 is 1.39 bits per heavy atom. The molecule has 1 N–H and O–H groups in total. The summed E-state index contributed by atoms with van der Waals surface area (Å²) in [6.45, 7) is 3.88. The van der Waals surface area contributed by atoms with Gasteiger partial charge in [-0.25, -0.2) is 15.0 Å². The Bertz CT molecular complexity index is 483. The number of aromatic nitrogens is 4. The molecule has 18 heavy (non-hydrogen) atoms. The van der Waals surface area contributed by atoms with Gasteiger partial charge in [-0.1, -0.05) is 6.92 Å². The molecule has 0 spiro atoms. The molecule has 5 nitrogen and oxygen atoms in total. The molecular weight excluding hydrogens is 294 g/mol. The molecule has 0 aromatic carbocycles. The highest BCUT2D eigenvalue weighted by atomic mass is 79.9. The molecule has 2 aromatic rings. The quantitative estimate of drug-likeness (QED) is 0.658. The standard InChI is InChI=1S/C12H16BrN5/c1-2-11-16-10(13)8-12(17-11)15-4-3-6-18-7-5-14-9-18/h5,7-9H,2-4,6H2,1H3,(H,15,16,17). The van der Waals surface area contributed by atoms with Crippen molar-refractivity contribution < 1.29 is 0 Å². The largest absolute Gasteiger partial charge is 0.370 e. The lowest BCUT2D eigenvalue weighted by Gasteiger charge is -2.07. The van der Waals surface area contributed by atoms with Gasteiger partial charge in [-0.15, -0.1) is 0 Å². The maximum Gasteiger partial charge on any atom is 0.131 e. The molecule has 0 fully saturated rings. The summed E-state index contributed by atoms with van der Waals surface area (Å²) in [4.78, 5) is 12.7. The van der Waals surface area contributed by atoms with Crippen LogP contribution >= 0.6 is 15.9 Å². The summed E-state index contributed by atoms with van der Waals surface area (Å²) in [5.41, 5.74) is 0. The number of aryl methyl sites for hydroxylation is 2. The van der Waals surface area contributed by atoms with Crippen LogP contribution in [0.15, 0.2) is 29.4 Å². The van der Waals surface area contributed by atoms with Crippen LogP contribution in [0.3, 0.4) is 0 Å². The highest BCUT2D eigenvalue weighted by molar-refractivity contribution is 9.10. The first-order valence-electron chi connectivity index (χ1n) is 6.01. The Kier molecular flexibility index (Phi) is 4.69. The third kappa shape index (κ3) is 3.80. The van der Waals surface area contributed by atoms with E-state index in [1.54, 1.807) is 6.20 Å². The molecule has 0 aliphatic carbocycles. The highest BCUT2D eigenvalue weighted by Gasteiger charge is 2.00. The molecule has 0 radical (unpaired) electrons. The molecular formula is C12H16BrN5. The van der Waals surface area contributed by atoms with Crippen LogP contribution in [-0.4, -0.2) is 26.1 Å². The monoisotopic (exact) mass is 309 g/mol. The Morgan fingerprint density at radius 2 is 2.28 bits per heavy atom. The molecule has 0 unspecified atom stereocenters. The molecule has 0 saturated heterocycles. The van der Waals surface area contributed by atoms with E-state index in [1.807, 2.05) is 25.5 Å². The molecule has 0 aliphatic heterocycles. The van der Waals surface area contributed by atoms with E-state index < -0.39 is 0 Å². The first kappa shape index (κ1) is 13.0. The van der Waals surface area contributed by atoms with Crippen molar-refractivity contribution in [2.45, 2.75) is 26.3 Å². The van der Waals surface area contributed by atoms with Crippen LogP contribution in [0.2, 0.25) is 0 Å². The van der Waals surface area contributed by atoms with Gasteiger partial charge in [-0.3, -0.25) is 0 Å². The summed E-state index contributed by atoms with van der Waals surface area (Å²) in [7, 11) is 0. The molecule has 0 atom stereocenters. The van der Waals surface area contributed by atoms with Gasteiger partial charge < -0.3 is 9.88 Å². The lowest BCUT2D eigenvalue weighted by atomic mass is 10.4. The second kappa shape index (κ2) is 6.49. The minimum atomic E-state index is 0.825. The first-order valence-corrected chi connectivity index (χ1v) is 6.80. The summed E-state index contributed by atoms with van der Waals surface area (Å²) >= 11 is 3.39. The van der Waals surface area contributed by atoms with Gasteiger partial charge in [0.05, 0.1) is 6.33 Å². The third-order valence-electron chi connectivity index (χ3n) is 2.52. The number of anilines is 1. The minimum absolute atomic E-state index is 0.825. The van der Waals surface area contributed by atoms with Crippen molar-refractivity contribution in [1.29, 1.82) is 0 Å². The van der Waals surface area contributed by atoms with Crippen molar-refractivity contribution >= 4 is 21.7 Å². The van der Waals surface area contributed by atoms with Crippen LogP contribution in [0.1, 0.15) is 19.2 Å². The van der Waals surface area contributed by atoms with E-state index in [1.165, 1.54) is 0 Å². The molecule has 2 aromatic heterocycles. The van der Waals surface area contributed by atoms with Gasteiger partial charge in [-0.2, -0.15) is 0 Å². The number of hydrogen-bond acceptors (Lipinski definition) is 4. The van der Waals surface area contributed by atoms with E-state index in [0.717, 1.165) is 42.2 Å². The predicted octanol–water partition coefficient (Wildman–Crippen LogP) is 2.50. The molecule has 2 rings (SSSR count). The fourth-order valence-corrected chi connectivity index (χ4v) is 2.03. The van der Waals surface area contributed by atoms with Crippen LogP contribution in [0.25, 0.3) is 0 Å². The molecule has 2 heterocycles. The van der Waals surface area contributed by atoms with E-state index in [9.17, 15) is 0 Å². The number of halogens is 1. The van der Waals surface area contributed by atoms with Crippen molar-refractivity contribution in [3.05, 3.63) is 35.2 Å². The minimum Gasteiger partial charge on any atom is -0.370 e. The lowest BCUT2D eigenvalue weighted by Crippen LogP contribution is -2.08. The van der Waals surface area contributed by atoms with Crippen LogP contribution in [0.4, 0.5) is 5.82 Å². The van der Waals surface area contributed by atoms with Gasteiger partial charge in [0.25, 0.3) is 0 Å². The topological polar surface area (TPSA) is 55.6 Å². The van der Waals surface area contributed by atoms with E-state index >= 15 is 0 Å². The molecule has 96 valence electrons. The van der Waals surface area contributed by atoms with Crippen LogP contribution in [0, 0.1) is 0 Å². The first-order chi connectivity index (χ1) is 8.78. The average molecular weight is 310 g/mol. The van der Waals surface area contributed by atoms with Crippen molar-refractivity contribution in [2.75, 3.05) is 11.9 Å². The number of rotatable bonds is 6. The molecule has 0 bridgehead atoms. The van der Waals surface area contributed by atoms with Gasteiger partial charge in [0.1, 0.15) is 16.2 Å². The van der Waals surface area contributed by atoms with Gasteiger partial charge in [0.15, 0.2) is 0 Å². The Morgan fingerprint density at radius 3 is 3.00 bits per heavy atom. The zero-order valence-electron chi connectivity index (χ0n) is 10.3. The van der Waals surface area contributed by atoms with Gasteiger partial charge in [-0.05, 0) is 22.4 Å². The van der Waals surface area contributed by atoms with Crippen molar-refractivity contribution in [3.63, 3.8) is 0 Å². The fraction of sp³-hybridized carbons (Fsp3) is 0.417. The predicted molar refractivity (Wildman–Crippen MR) is 74.4 cm³/mol. The highest BCUT2D eigenvalue weighted by Crippen LogP contribution is 2.12. The molecule has 6 heteroatoms. The maximum atomic E-state index is 4.42. The molecule has 0 saturated carbocycles. The van der Waals surface area contributed by atoms with Gasteiger partial charge >= 0.3 is 0 Å². The normalized spacial score (nSPS) is 10.6. The Labute approximate surface area is 115 Å². The summed E-state index contributed by atoms with van der Waals surface area (Å²) in [5, 5.41) is 3.31. The van der Waals surface area contributed by atoms with Crippen molar-refractivity contribution in [2.24, 2.45) is 0 Å². The van der Waals surface area contributed by atoms with Crippen LogP contribution in [-0.2, 0) is 13.0 Å². The van der Waals surface area contributed by atoms with Gasteiger partial charge in [0.2, 0.25) is 0 Å². The van der Waals surface area contributed by atoms with E-state index in [4.69, 9.17) is 0 Å². The lowest BCUT2D eigenvalue weighted by molar-refractivity contribution is 0.659. The fourth-order valence-electron chi connectivity index (χ4n) is 1.61. The average Bonchev–Trinajstić information content (AvgIpc) is 2.87. The SMILES string of the molecule is CCc1nc(Br)cc(NCCCn2ccnc2)n1. The second-order valence-corrected chi connectivity index (χ2v) is 4.74. The Hall–Kier alpha value is -1.43. The van der Waals surface area contributed by atoms with Crippen LogP contribution in [0.5, 0.6) is 0 Å². The van der Waals surface area contributed by atoms with Crippen LogP contribution < -0.4 is 5.32 Å². The van der Waals surface area contributed by atoms with E-state index in [2.05, 4.69) is 40.8 Å². The van der Waals surface area contributed by atoms with Crippen molar-refractivity contribution in [1.82, 2.24) is 19.5 Å². The molecule has 0 aliphatic rings. The Balaban J connectivity index is 1.81. The summed E-state index contributed by atoms with van der Waals surface area (Å²) in [6.07, 6.45) is 7.46. The number of nitrogens with zero attached hydrogens (tertiary/aromatic N) is 4. The van der Waals surface area contributed by atoms with Gasteiger partial charge in [0, 0.05) is 38.0 Å². The van der Waals surface area contributed by atoms with Crippen molar-refractivity contribution in [3.8, 4) is 0 Å². The zero-order chi connectivity index (χ0) is 12.8. The van der Waals surface area contributed by atoms with E-state index in [0.29, 0.717) is 0 Å². The maximum absolute atomic E-state index is 4.42. The number of nitrogens with one attached hydrogen (secondary N) is 1. The number of hydrogen-bond donors (Lipinski definition) is 1. The summed E-state index contributed by atoms with van der Waals surface area (Å²) in [6, 6.07) is 1.90. The number of imidazole rings is 1. The zero-order valence-corrected chi connectivity index (χ0v) is 11.9. The molecule has 0 amide bonds. The summed E-state index contributed by atoms with van der Waals surface area (Å²) in [5.74, 6) is 1.72. The summed E-state index contributed by atoms with van der Waals surface area (Å²) < 4.78 is 2.89. The second-order valence-electron chi connectivity index (χ2n) is 3.93. The smallest absolute Gasteiger partial charge is 0.131 e.